The molecule has 0 bridgehead atoms. The number of hydrogen-bond donors (Lipinski definition) is 0. The lowest BCUT2D eigenvalue weighted by Crippen LogP contribution is -2.59. The maximum atomic E-state index is 12.4. The van der Waals surface area contributed by atoms with E-state index >= 15 is 0 Å². The van der Waals surface area contributed by atoms with E-state index in [4.69, 9.17) is 28.4 Å². The number of esters is 5. The molecule has 1 aliphatic rings. The highest BCUT2D eigenvalue weighted by atomic mass is 32.2. The Bertz CT molecular complexity index is 1540. The first-order valence-corrected chi connectivity index (χ1v) is 15.4. The van der Waals surface area contributed by atoms with Crippen molar-refractivity contribution in [3.05, 3.63) is 95.6 Å². The van der Waals surface area contributed by atoms with Gasteiger partial charge in [0.25, 0.3) is 0 Å². The van der Waals surface area contributed by atoms with Gasteiger partial charge in [0, 0.05) is 34.1 Å². The maximum Gasteiger partial charge on any atom is 0.343 e. The molecule has 1 heterocycles. The largest absolute Gasteiger partial charge is 0.475 e. The van der Waals surface area contributed by atoms with Crippen LogP contribution in [-0.2, 0) is 44.5 Å². The van der Waals surface area contributed by atoms with E-state index in [-0.39, 0.29) is 6.61 Å². The van der Waals surface area contributed by atoms with Crippen molar-refractivity contribution in [3.63, 3.8) is 0 Å². The van der Waals surface area contributed by atoms with Crippen LogP contribution in [0.3, 0.4) is 0 Å². The maximum absolute atomic E-state index is 12.4. The van der Waals surface area contributed by atoms with E-state index in [0.29, 0.717) is 23.5 Å². The van der Waals surface area contributed by atoms with Crippen LogP contribution < -0.4 is 9.47 Å². The van der Waals surface area contributed by atoms with Crippen LogP contribution in [-0.4, -0.2) is 65.5 Å². The van der Waals surface area contributed by atoms with Gasteiger partial charge in [-0.15, -0.1) is 11.8 Å². The summed E-state index contributed by atoms with van der Waals surface area (Å²) in [5.41, 5.74) is 1.15. The van der Waals surface area contributed by atoms with E-state index in [2.05, 4.69) is 0 Å². The summed E-state index contributed by atoms with van der Waals surface area (Å²) in [5, 5.41) is -0.729. The van der Waals surface area contributed by atoms with Gasteiger partial charge in [-0.25, -0.2) is 4.79 Å². The molecule has 4 rings (SSSR count). The highest BCUT2D eigenvalue weighted by Crippen LogP contribution is 2.40. The van der Waals surface area contributed by atoms with E-state index in [1.54, 1.807) is 48.5 Å². The van der Waals surface area contributed by atoms with Gasteiger partial charge in [-0.2, -0.15) is 0 Å². The highest BCUT2D eigenvalue weighted by molar-refractivity contribution is 8.00. The summed E-state index contributed by atoms with van der Waals surface area (Å²) in [6, 6.07) is 23.0. The first-order chi connectivity index (χ1) is 22.0. The summed E-state index contributed by atoms with van der Waals surface area (Å²) in [7, 11) is 0. The molecule has 0 spiro atoms. The second-order valence-electron chi connectivity index (χ2n) is 10.4. The van der Waals surface area contributed by atoms with Crippen LogP contribution in [0.15, 0.2) is 78.9 Å². The molecule has 0 unspecified atom stereocenters. The second-order valence-corrected chi connectivity index (χ2v) is 11.7. The van der Waals surface area contributed by atoms with Crippen LogP contribution in [0.1, 0.15) is 49.2 Å². The van der Waals surface area contributed by atoms with Crippen molar-refractivity contribution in [2.45, 2.75) is 63.1 Å². The van der Waals surface area contributed by atoms with Crippen LogP contribution >= 0.6 is 11.8 Å². The van der Waals surface area contributed by atoms with Crippen molar-refractivity contribution in [2.24, 2.45) is 0 Å². The number of benzene rings is 3. The summed E-state index contributed by atoms with van der Waals surface area (Å²) in [4.78, 5) is 60.5. The van der Waals surface area contributed by atoms with Crippen molar-refractivity contribution in [2.75, 3.05) is 6.61 Å². The third kappa shape index (κ3) is 9.58. The second kappa shape index (κ2) is 15.9. The number of para-hydroxylation sites is 1. The van der Waals surface area contributed by atoms with Gasteiger partial charge < -0.3 is 28.4 Å². The molecule has 242 valence electrons. The minimum Gasteiger partial charge on any atom is -0.475 e. The van der Waals surface area contributed by atoms with E-state index < -0.39 is 58.8 Å². The molecule has 5 atom stereocenters. The number of ether oxygens (including phenoxy) is 6. The van der Waals surface area contributed by atoms with Gasteiger partial charge >= 0.3 is 29.8 Å². The van der Waals surface area contributed by atoms with Crippen LogP contribution in [0.25, 0.3) is 0 Å². The van der Waals surface area contributed by atoms with Gasteiger partial charge in [0.15, 0.2) is 23.7 Å². The SMILES string of the molecule is CC(=O)OC[C@@H]1S[C@H](Oc2ccccc2Cc2ccc(OC(=O)c3ccccc3)cc2)[C@H](OC(C)=O)[C@@H](OC(C)=O)[C@@H]1OC(C)=O. The van der Waals surface area contributed by atoms with Crippen molar-refractivity contribution in [3.8, 4) is 11.5 Å². The zero-order chi connectivity index (χ0) is 33.2. The normalized spacial score (nSPS) is 20.5. The van der Waals surface area contributed by atoms with Gasteiger partial charge in [0.05, 0.1) is 10.8 Å². The molecule has 3 aromatic carbocycles. The molecule has 0 aliphatic carbocycles. The molecular formula is C34H34O11S. The van der Waals surface area contributed by atoms with Crippen LogP contribution in [0.2, 0.25) is 0 Å². The molecule has 12 heteroatoms. The fourth-order valence-electron chi connectivity index (χ4n) is 4.81. The number of hydrogen-bond acceptors (Lipinski definition) is 12. The van der Waals surface area contributed by atoms with Crippen LogP contribution in [0, 0.1) is 0 Å². The average Bonchev–Trinajstić information content (AvgIpc) is 3.00. The Labute approximate surface area is 270 Å². The number of thioether (sulfide) groups is 1. The zero-order valence-electron chi connectivity index (χ0n) is 25.7. The van der Waals surface area contributed by atoms with E-state index in [0.717, 1.165) is 22.9 Å². The summed E-state index contributed by atoms with van der Waals surface area (Å²) in [6.07, 6.45) is -3.12. The molecule has 3 aromatic rings. The quantitative estimate of drug-likeness (QED) is 0.162. The molecule has 1 saturated heterocycles. The van der Waals surface area contributed by atoms with Gasteiger partial charge in [-0.05, 0) is 41.5 Å². The van der Waals surface area contributed by atoms with Crippen molar-refractivity contribution >= 4 is 41.6 Å². The van der Waals surface area contributed by atoms with E-state index in [9.17, 15) is 24.0 Å². The Hall–Kier alpha value is -4.84. The molecule has 0 N–H and O–H groups in total. The number of carbonyl (C=O) groups excluding carboxylic acids is 5. The standard InChI is InChI=1S/C34H34O11S/c1-20(35)40-19-29-30(41-21(2)36)31(42-22(3)37)32(43-23(4)38)34(46-29)45-28-13-9-8-12-26(28)18-24-14-16-27(17-15-24)44-33(39)25-10-6-5-7-11-25/h5-17,29-32,34H,18-19H2,1-4H3/t29-,30+,31-,32+,34-/m0/s1. The lowest BCUT2D eigenvalue weighted by Gasteiger charge is -2.43. The molecular weight excluding hydrogens is 616 g/mol. The summed E-state index contributed by atoms with van der Waals surface area (Å²) >= 11 is 1.13. The topological polar surface area (TPSA) is 141 Å². The average molecular weight is 651 g/mol. The molecule has 1 aliphatic heterocycles. The Morgan fingerprint density at radius 3 is 1.87 bits per heavy atom. The minimum atomic E-state index is -1.25. The summed E-state index contributed by atoms with van der Waals surface area (Å²) in [6.45, 7) is 4.62. The molecule has 0 amide bonds. The third-order valence-electron chi connectivity index (χ3n) is 6.70. The smallest absolute Gasteiger partial charge is 0.343 e. The predicted octanol–water partition coefficient (Wildman–Crippen LogP) is 4.68. The van der Waals surface area contributed by atoms with E-state index in [1.807, 2.05) is 30.3 Å². The number of rotatable bonds is 11. The Morgan fingerprint density at radius 1 is 0.652 bits per heavy atom. The first kappa shape index (κ1) is 34.0. The predicted molar refractivity (Wildman–Crippen MR) is 166 cm³/mol. The molecule has 0 aromatic heterocycles. The van der Waals surface area contributed by atoms with Gasteiger partial charge in [-0.3, -0.25) is 19.2 Å². The van der Waals surface area contributed by atoms with Crippen molar-refractivity contribution in [1.82, 2.24) is 0 Å². The molecule has 0 saturated carbocycles. The van der Waals surface area contributed by atoms with Crippen molar-refractivity contribution < 1.29 is 52.4 Å². The van der Waals surface area contributed by atoms with Gasteiger partial charge in [0.2, 0.25) is 0 Å². The van der Waals surface area contributed by atoms with Crippen LogP contribution in [0.4, 0.5) is 0 Å². The summed E-state index contributed by atoms with van der Waals surface area (Å²) < 4.78 is 33.8. The highest BCUT2D eigenvalue weighted by Gasteiger charge is 2.53. The Balaban J connectivity index is 1.58. The van der Waals surface area contributed by atoms with Crippen LogP contribution in [0.5, 0.6) is 11.5 Å². The van der Waals surface area contributed by atoms with Crippen molar-refractivity contribution in [1.29, 1.82) is 0 Å². The Morgan fingerprint density at radius 2 is 1.24 bits per heavy atom. The minimum absolute atomic E-state index is 0.189. The Kier molecular flexibility index (Phi) is 11.8. The third-order valence-corrected chi connectivity index (χ3v) is 8.09. The number of carbonyl (C=O) groups is 5. The molecule has 11 nitrogen and oxygen atoms in total. The molecule has 0 radical (unpaired) electrons. The van der Waals surface area contributed by atoms with Gasteiger partial charge in [-0.1, -0.05) is 48.5 Å². The lowest BCUT2D eigenvalue weighted by molar-refractivity contribution is -0.190. The first-order valence-electron chi connectivity index (χ1n) is 14.4. The van der Waals surface area contributed by atoms with Gasteiger partial charge in [0.1, 0.15) is 18.1 Å². The fourth-order valence-corrected chi connectivity index (χ4v) is 6.19. The lowest BCUT2D eigenvalue weighted by atomic mass is 10.0. The van der Waals surface area contributed by atoms with E-state index in [1.165, 1.54) is 27.7 Å². The monoisotopic (exact) mass is 650 g/mol. The zero-order valence-corrected chi connectivity index (χ0v) is 26.5. The fraction of sp³-hybridized carbons (Fsp3) is 0.324. The summed E-state index contributed by atoms with van der Waals surface area (Å²) in [5.74, 6) is -2.21. The molecule has 1 fully saturated rings. The molecule has 46 heavy (non-hydrogen) atoms.